The second-order valence-electron chi connectivity index (χ2n) is 3.76. The SMILES string of the molecule is Nc1cc(Br)ccc1CS(=O)c1ccccc1F. The summed E-state index contributed by atoms with van der Waals surface area (Å²) in [5.74, 6) is -0.244. The molecule has 94 valence electrons. The molecule has 0 saturated carbocycles. The maximum Gasteiger partial charge on any atom is 0.139 e. The predicted octanol–water partition coefficient (Wildman–Crippen LogP) is 3.48. The molecule has 0 spiro atoms. The van der Waals surface area contributed by atoms with E-state index in [1.54, 1.807) is 24.3 Å². The van der Waals surface area contributed by atoms with Crippen LogP contribution in [0, 0.1) is 5.82 Å². The summed E-state index contributed by atoms with van der Waals surface area (Å²) in [5.41, 5.74) is 7.13. The van der Waals surface area contributed by atoms with Crippen molar-refractivity contribution in [3.63, 3.8) is 0 Å². The van der Waals surface area contributed by atoms with Crippen molar-refractivity contribution in [1.82, 2.24) is 0 Å². The normalized spacial score (nSPS) is 12.3. The van der Waals surface area contributed by atoms with Crippen LogP contribution in [0.3, 0.4) is 0 Å². The van der Waals surface area contributed by atoms with E-state index in [9.17, 15) is 8.60 Å². The van der Waals surface area contributed by atoms with Crippen LogP contribution < -0.4 is 5.73 Å². The van der Waals surface area contributed by atoms with E-state index in [0.717, 1.165) is 10.0 Å². The van der Waals surface area contributed by atoms with Gasteiger partial charge in [-0.3, -0.25) is 4.21 Å². The summed E-state index contributed by atoms with van der Waals surface area (Å²) in [4.78, 5) is 0.208. The van der Waals surface area contributed by atoms with Crippen LogP contribution in [-0.2, 0) is 16.6 Å². The van der Waals surface area contributed by atoms with Gasteiger partial charge in [-0.15, -0.1) is 0 Å². The Morgan fingerprint density at radius 3 is 2.61 bits per heavy atom. The van der Waals surface area contributed by atoms with Crippen LogP contribution >= 0.6 is 15.9 Å². The lowest BCUT2D eigenvalue weighted by Crippen LogP contribution is -2.02. The van der Waals surface area contributed by atoms with Gasteiger partial charge in [-0.1, -0.05) is 34.1 Å². The lowest BCUT2D eigenvalue weighted by molar-refractivity contribution is 0.595. The Kier molecular flexibility index (Phi) is 4.14. The summed E-state index contributed by atoms with van der Waals surface area (Å²) >= 11 is 3.30. The molecule has 2 rings (SSSR count). The molecule has 2 aromatic rings. The highest BCUT2D eigenvalue weighted by molar-refractivity contribution is 9.10. The molecule has 2 aromatic carbocycles. The Labute approximate surface area is 116 Å². The van der Waals surface area contributed by atoms with Crippen LogP contribution in [-0.4, -0.2) is 4.21 Å². The Hall–Kier alpha value is -1.20. The summed E-state index contributed by atoms with van der Waals surface area (Å²) in [5, 5.41) is 0. The van der Waals surface area contributed by atoms with Gasteiger partial charge < -0.3 is 5.73 Å². The van der Waals surface area contributed by atoms with Gasteiger partial charge in [0, 0.05) is 10.2 Å². The summed E-state index contributed by atoms with van der Waals surface area (Å²) in [6.45, 7) is 0. The molecule has 1 unspecified atom stereocenters. The summed E-state index contributed by atoms with van der Waals surface area (Å²) in [6, 6.07) is 11.4. The van der Waals surface area contributed by atoms with Crippen LogP contribution in [0.5, 0.6) is 0 Å². The molecule has 1 atom stereocenters. The van der Waals surface area contributed by atoms with E-state index in [1.807, 2.05) is 6.07 Å². The smallest absolute Gasteiger partial charge is 0.139 e. The van der Waals surface area contributed by atoms with E-state index in [0.29, 0.717) is 5.69 Å². The highest BCUT2D eigenvalue weighted by Gasteiger charge is 2.11. The van der Waals surface area contributed by atoms with Gasteiger partial charge in [0.25, 0.3) is 0 Å². The maximum absolute atomic E-state index is 13.5. The van der Waals surface area contributed by atoms with E-state index < -0.39 is 16.6 Å². The summed E-state index contributed by atoms with van der Waals surface area (Å²) in [7, 11) is -1.43. The minimum Gasteiger partial charge on any atom is -0.398 e. The van der Waals surface area contributed by atoms with Crippen LogP contribution in [0.15, 0.2) is 51.8 Å². The predicted molar refractivity (Wildman–Crippen MR) is 75.1 cm³/mol. The molecule has 0 aliphatic carbocycles. The molecule has 0 fully saturated rings. The van der Waals surface area contributed by atoms with Gasteiger partial charge in [-0.2, -0.15) is 0 Å². The first-order chi connectivity index (χ1) is 8.58. The first-order valence-electron chi connectivity index (χ1n) is 5.25. The Bertz CT molecular complexity index is 603. The van der Waals surface area contributed by atoms with Gasteiger partial charge in [0.15, 0.2) is 0 Å². The molecule has 0 bridgehead atoms. The molecule has 2 N–H and O–H groups in total. The fraction of sp³-hybridized carbons (Fsp3) is 0.0769. The van der Waals surface area contributed by atoms with Crippen molar-refractivity contribution in [2.24, 2.45) is 0 Å². The lowest BCUT2D eigenvalue weighted by atomic mass is 10.2. The van der Waals surface area contributed by atoms with Crippen LogP contribution in [0.1, 0.15) is 5.56 Å². The van der Waals surface area contributed by atoms with Crippen molar-refractivity contribution in [1.29, 1.82) is 0 Å². The second kappa shape index (κ2) is 5.63. The average molecular weight is 328 g/mol. The average Bonchev–Trinajstić information content (AvgIpc) is 2.33. The third-order valence-electron chi connectivity index (χ3n) is 2.48. The number of nitrogen functional groups attached to an aromatic ring is 1. The van der Waals surface area contributed by atoms with Crippen LogP contribution in [0.2, 0.25) is 0 Å². The molecular formula is C13H11BrFNOS. The zero-order valence-corrected chi connectivity index (χ0v) is 11.8. The van der Waals surface area contributed by atoms with Gasteiger partial charge in [-0.05, 0) is 29.8 Å². The monoisotopic (exact) mass is 327 g/mol. The molecule has 0 amide bonds. The molecule has 0 radical (unpaired) electrons. The van der Waals surface area contributed by atoms with Crippen molar-refractivity contribution in [2.75, 3.05) is 5.73 Å². The number of benzene rings is 2. The fourth-order valence-electron chi connectivity index (χ4n) is 1.55. The molecule has 5 heteroatoms. The molecule has 0 aliphatic rings. The molecule has 0 heterocycles. The van der Waals surface area contributed by atoms with Crippen LogP contribution in [0.4, 0.5) is 10.1 Å². The van der Waals surface area contributed by atoms with Gasteiger partial charge in [-0.25, -0.2) is 4.39 Å². The molecule has 2 nitrogen and oxygen atoms in total. The highest BCUT2D eigenvalue weighted by atomic mass is 79.9. The largest absolute Gasteiger partial charge is 0.398 e. The minimum atomic E-state index is -1.43. The Balaban J connectivity index is 2.24. The Morgan fingerprint density at radius 1 is 1.22 bits per heavy atom. The zero-order chi connectivity index (χ0) is 13.1. The molecule has 0 saturated heterocycles. The number of hydrogen-bond donors (Lipinski definition) is 1. The maximum atomic E-state index is 13.5. The summed E-state index contributed by atoms with van der Waals surface area (Å²) < 4.78 is 26.4. The molecule has 0 aliphatic heterocycles. The van der Waals surface area contributed by atoms with Crippen molar-refractivity contribution in [3.05, 3.63) is 58.3 Å². The number of halogens is 2. The first-order valence-corrected chi connectivity index (χ1v) is 7.36. The number of hydrogen-bond acceptors (Lipinski definition) is 2. The standard InChI is InChI=1S/C13H11BrFNOS/c14-10-6-5-9(12(16)7-10)8-18(17)13-4-2-1-3-11(13)15/h1-7H,8,16H2. The van der Waals surface area contributed by atoms with E-state index in [4.69, 9.17) is 5.73 Å². The fourth-order valence-corrected chi connectivity index (χ4v) is 3.14. The lowest BCUT2D eigenvalue weighted by Gasteiger charge is -2.07. The number of nitrogens with two attached hydrogens (primary N) is 1. The third-order valence-corrected chi connectivity index (χ3v) is 4.36. The van der Waals surface area contributed by atoms with Gasteiger partial charge in [0.2, 0.25) is 0 Å². The number of anilines is 1. The van der Waals surface area contributed by atoms with Gasteiger partial charge >= 0.3 is 0 Å². The van der Waals surface area contributed by atoms with Crippen molar-refractivity contribution < 1.29 is 8.60 Å². The topological polar surface area (TPSA) is 43.1 Å². The zero-order valence-electron chi connectivity index (χ0n) is 9.40. The molecule has 18 heavy (non-hydrogen) atoms. The first kappa shape index (κ1) is 13.2. The quantitative estimate of drug-likeness (QED) is 0.877. The Morgan fingerprint density at radius 2 is 1.94 bits per heavy atom. The van der Waals surface area contributed by atoms with Crippen LogP contribution in [0.25, 0.3) is 0 Å². The molecule has 0 aromatic heterocycles. The number of rotatable bonds is 3. The third kappa shape index (κ3) is 2.97. The van der Waals surface area contributed by atoms with Crippen molar-refractivity contribution in [2.45, 2.75) is 10.6 Å². The minimum absolute atomic E-state index is 0.208. The summed E-state index contributed by atoms with van der Waals surface area (Å²) in [6.07, 6.45) is 0. The van der Waals surface area contributed by atoms with Crippen molar-refractivity contribution >= 4 is 32.4 Å². The second-order valence-corrected chi connectivity index (χ2v) is 6.10. The van der Waals surface area contributed by atoms with Gasteiger partial charge in [0.05, 0.1) is 21.4 Å². The van der Waals surface area contributed by atoms with E-state index in [-0.39, 0.29) is 10.6 Å². The highest BCUT2D eigenvalue weighted by Crippen LogP contribution is 2.22. The van der Waals surface area contributed by atoms with Gasteiger partial charge in [0.1, 0.15) is 5.82 Å². The van der Waals surface area contributed by atoms with E-state index in [1.165, 1.54) is 12.1 Å². The van der Waals surface area contributed by atoms with E-state index >= 15 is 0 Å². The van der Waals surface area contributed by atoms with E-state index in [2.05, 4.69) is 15.9 Å². The van der Waals surface area contributed by atoms with Crippen molar-refractivity contribution in [3.8, 4) is 0 Å². The molecular weight excluding hydrogens is 317 g/mol.